The van der Waals surface area contributed by atoms with Crippen LogP contribution in [0.15, 0.2) is 41.4 Å². The van der Waals surface area contributed by atoms with Crippen molar-refractivity contribution in [3.05, 3.63) is 36.5 Å². The maximum Gasteiger partial charge on any atom is 0.321 e. The number of sulfonamides is 1. The van der Waals surface area contributed by atoms with Gasteiger partial charge in [0.25, 0.3) is 0 Å². The van der Waals surface area contributed by atoms with Crippen LogP contribution in [0.5, 0.6) is 0 Å². The summed E-state index contributed by atoms with van der Waals surface area (Å²) in [7, 11) is -3.92. The number of aliphatic carboxylic acids is 1. The number of para-hydroxylation sites is 1. The minimum atomic E-state index is -3.92. The maximum atomic E-state index is 12.3. The molecule has 0 aliphatic carbocycles. The van der Waals surface area contributed by atoms with Gasteiger partial charge in [0.05, 0.1) is 5.52 Å². The fourth-order valence-corrected chi connectivity index (χ4v) is 3.30. The zero-order valence-corrected chi connectivity index (χ0v) is 13.0. The van der Waals surface area contributed by atoms with Crippen LogP contribution in [-0.2, 0) is 14.8 Å². The molecule has 0 bridgehead atoms. The summed E-state index contributed by atoms with van der Waals surface area (Å²) in [5, 5.41) is 9.83. The Morgan fingerprint density at radius 3 is 2.77 bits per heavy atom. The molecule has 22 heavy (non-hydrogen) atoms. The number of hydrogen-bond acceptors (Lipinski definition) is 4. The summed E-state index contributed by atoms with van der Waals surface area (Å²) in [6.45, 7) is 1.92. The van der Waals surface area contributed by atoms with Crippen molar-refractivity contribution in [1.29, 1.82) is 0 Å². The zero-order valence-electron chi connectivity index (χ0n) is 12.2. The van der Waals surface area contributed by atoms with Crippen LogP contribution in [0, 0.1) is 0 Å². The summed E-state index contributed by atoms with van der Waals surface area (Å²) < 4.78 is 26.9. The van der Waals surface area contributed by atoms with E-state index >= 15 is 0 Å². The summed E-state index contributed by atoms with van der Waals surface area (Å²) in [5.41, 5.74) is 0.683. The molecule has 1 heterocycles. The summed E-state index contributed by atoms with van der Waals surface area (Å²) in [6.07, 6.45) is 2.92. The van der Waals surface area contributed by atoms with Gasteiger partial charge in [-0.2, -0.15) is 4.72 Å². The van der Waals surface area contributed by atoms with Gasteiger partial charge in [0.2, 0.25) is 10.0 Å². The molecule has 0 aliphatic heterocycles. The molecule has 0 aliphatic rings. The van der Waals surface area contributed by atoms with Gasteiger partial charge < -0.3 is 5.11 Å². The van der Waals surface area contributed by atoms with Crippen molar-refractivity contribution in [3.63, 3.8) is 0 Å². The Bertz CT molecular complexity index is 774. The molecule has 118 valence electrons. The molecule has 0 amide bonds. The molecule has 1 atom stereocenters. The second-order valence-corrected chi connectivity index (χ2v) is 6.73. The van der Waals surface area contributed by atoms with E-state index in [0.29, 0.717) is 17.3 Å². The molecule has 0 radical (unpaired) electrons. The minimum absolute atomic E-state index is 0.0334. The molecular formula is C15H18N2O4S. The topological polar surface area (TPSA) is 96.4 Å². The Morgan fingerprint density at radius 1 is 1.36 bits per heavy atom. The first-order valence-corrected chi connectivity index (χ1v) is 8.52. The average molecular weight is 322 g/mol. The van der Waals surface area contributed by atoms with Gasteiger partial charge in [0, 0.05) is 11.6 Å². The van der Waals surface area contributed by atoms with Crippen LogP contribution in [0.3, 0.4) is 0 Å². The van der Waals surface area contributed by atoms with E-state index in [1.54, 1.807) is 18.2 Å². The highest BCUT2D eigenvalue weighted by Crippen LogP contribution is 2.17. The van der Waals surface area contributed by atoms with E-state index in [0.717, 1.165) is 6.42 Å². The molecule has 0 spiro atoms. The highest BCUT2D eigenvalue weighted by Gasteiger charge is 2.25. The van der Waals surface area contributed by atoms with E-state index in [4.69, 9.17) is 5.11 Å². The Morgan fingerprint density at radius 2 is 2.09 bits per heavy atom. The van der Waals surface area contributed by atoms with Crippen LogP contribution in [0.2, 0.25) is 0 Å². The van der Waals surface area contributed by atoms with Crippen molar-refractivity contribution in [1.82, 2.24) is 9.71 Å². The van der Waals surface area contributed by atoms with Crippen molar-refractivity contribution in [3.8, 4) is 0 Å². The third-order valence-corrected chi connectivity index (χ3v) is 4.76. The molecule has 1 aromatic carbocycles. The molecule has 2 N–H and O–H groups in total. The van der Waals surface area contributed by atoms with Crippen LogP contribution >= 0.6 is 0 Å². The molecule has 0 saturated carbocycles. The largest absolute Gasteiger partial charge is 0.480 e. The van der Waals surface area contributed by atoms with E-state index < -0.39 is 22.0 Å². The van der Waals surface area contributed by atoms with E-state index in [9.17, 15) is 13.2 Å². The molecule has 1 aromatic heterocycles. The van der Waals surface area contributed by atoms with Gasteiger partial charge in [0.15, 0.2) is 0 Å². The van der Waals surface area contributed by atoms with Crippen LogP contribution in [0.1, 0.15) is 26.2 Å². The molecule has 0 fully saturated rings. The highest BCUT2D eigenvalue weighted by molar-refractivity contribution is 7.89. The molecule has 6 nitrogen and oxygen atoms in total. The van der Waals surface area contributed by atoms with E-state index in [2.05, 4.69) is 9.71 Å². The number of carboxylic acid groups (broad SMARTS) is 1. The number of rotatable bonds is 7. The lowest BCUT2D eigenvalue weighted by atomic mass is 10.1. The van der Waals surface area contributed by atoms with Crippen molar-refractivity contribution >= 4 is 26.9 Å². The van der Waals surface area contributed by atoms with Gasteiger partial charge >= 0.3 is 5.97 Å². The highest BCUT2D eigenvalue weighted by atomic mass is 32.2. The number of carbonyl (C=O) groups is 1. The van der Waals surface area contributed by atoms with Gasteiger partial charge in [-0.25, -0.2) is 8.42 Å². The first-order valence-electron chi connectivity index (χ1n) is 7.04. The third kappa shape index (κ3) is 3.80. The molecule has 2 rings (SSSR count). The summed E-state index contributed by atoms with van der Waals surface area (Å²) in [5.74, 6) is -1.18. The molecule has 2 aromatic rings. The molecule has 7 heteroatoms. The number of unbranched alkanes of at least 4 members (excludes halogenated alkanes) is 1. The van der Waals surface area contributed by atoms with Gasteiger partial charge in [-0.1, -0.05) is 38.0 Å². The zero-order chi connectivity index (χ0) is 16.2. The van der Waals surface area contributed by atoms with E-state index in [1.165, 1.54) is 12.3 Å². The number of nitrogens with zero attached hydrogens (tertiary/aromatic N) is 1. The van der Waals surface area contributed by atoms with Crippen LogP contribution in [-0.4, -0.2) is 30.5 Å². The van der Waals surface area contributed by atoms with Crippen molar-refractivity contribution in [2.75, 3.05) is 0 Å². The number of benzene rings is 1. The van der Waals surface area contributed by atoms with Gasteiger partial charge in [0.1, 0.15) is 10.9 Å². The number of carboxylic acids is 1. The SMILES string of the molecule is CCCC[C@H](NS(=O)(=O)c1cnc2ccccc2c1)C(=O)O. The lowest BCUT2D eigenvalue weighted by Gasteiger charge is -2.14. The predicted octanol–water partition coefficient (Wildman–Crippen LogP) is 2.16. The smallest absolute Gasteiger partial charge is 0.321 e. The van der Waals surface area contributed by atoms with Crippen molar-refractivity contribution in [2.24, 2.45) is 0 Å². The second-order valence-electron chi connectivity index (χ2n) is 5.02. The normalized spacial score (nSPS) is 13.1. The van der Waals surface area contributed by atoms with Gasteiger partial charge in [-0.15, -0.1) is 0 Å². The Labute approximate surface area is 129 Å². The molecule has 0 unspecified atom stereocenters. The van der Waals surface area contributed by atoms with Gasteiger partial charge in [-0.05, 0) is 18.6 Å². The molecule has 0 saturated heterocycles. The third-order valence-electron chi connectivity index (χ3n) is 3.32. The quantitative estimate of drug-likeness (QED) is 0.814. The van der Waals surface area contributed by atoms with Gasteiger partial charge in [-0.3, -0.25) is 9.78 Å². The fraction of sp³-hybridized carbons (Fsp3) is 0.333. The number of hydrogen-bond donors (Lipinski definition) is 2. The van der Waals surface area contributed by atoms with Crippen LogP contribution in [0.4, 0.5) is 0 Å². The summed E-state index contributed by atoms with van der Waals surface area (Å²) >= 11 is 0. The average Bonchev–Trinajstić information content (AvgIpc) is 2.50. The van der Waals surface area contributed by atoms with E-state index in [-0.39, 0.29) is 11.3 Å². The lowest BCUT2D eigenvalue weighted by Crippen LogP contribution is -2.40. The lowest BCUT2D eigenvalue weighted by molar-refractivity contribution is -0.139. The minimum Gasteiger partial charge on any atom is -0.480 e. The van der Waals surface area contributed by atoms with Crippen molar-refractivity contribution < 1.29 is 18.3 Å². The summed E-state index contributed by atoms with van der Waals surface area (Å²) in [4.78, 5) is 15.2. The van der Waals surface area contributed by atoms with Crippen LogP contribution < -0.4 is 4.72 Å². The Kier molecular flexibility index (Phi) is 5.10. The monoisotopic (exact) mass is 322 g/mol. The Balaban J connectivity index is 2.28. The van der Waals surface area contributed by atoms with Crippen molar-refractivity contribution in [2.45, 2.75) is 37.1 Å². The number of pyridine rings is 1. The molecular weight excluding hydrogens is 304 g/mol. The fourth-order valence-electron chi connectivity index (χ4n) is 2.09. The first kappa shape index (κ1) is 16.4. The number of fused-ring (bicyclic) bond motifs is 1. The second kappa shape index (κ2) is 6.85. The van der Waals surface area contributed by atoms with Crippen LogP contribution in [0.25, 0.3) is 10.9 Å². The number of aromatic nitrogens is 1. The maximum absolute atomic E-state index is 12.3. The first-order chi connectivity index (χ1) is 10.4. The number of nitrogens with one attached hydrogen (secondary N) is 1. The predicted molar refractivity (Wildman–Crippen MR) is 83.0 cm³/mol. The van der Waals surface area contributed by atoms with E-state index in [1.807, 2.05) is 13.0 Å². The summed E-state index contributed by atoms with van der Waals surface area (Å²) in [6, 6.07) is 7.50. The standard InChI is InChI=1S/C15H18N2O4S/c1-2-3-7-14(15(18)19)17-22(20,21)12-9-11-6-4-5-8-13(11)16-10-12/h4-6,8-10,14,17H,2-3,7H2,1H3,(H,18,19)/t14-/m0/s1. The Hall–Kier alpha value is -1.99.